The molecule has 1 aromatic heterocycles. The molecule has 2 aromatic rings. The molecule has 2 heterocycles. The van der Waals surface area contributed by atoms with E-state index in [1.54, 1.807) is 0 Å². The Labute approximate surface area is 173 Å². The lowest BCUT2D eigenvalue weighted by Gasteiger charge is -2.27. The van der Waals surface area contributed by atoms with Crippen LogP contribution in [0.5, 0.6) is 0 Å². The number of amides is 1. The number of morpholine rings is 1. The summed E-state index contributed by atoms with van der Waals surface area (Å²) < 4.78 is 12.0. The predicted molar refractivity (Wildman–Crippen MR) is 109 cm³/mol. The van der Waals surface area contributed by atoms with Gasteiger partial charge in [-0.3, -0.25) is 14.2 Å². The minimum atomic E-state index is -0.278. The van der Waals surface area contributed by atoms with Crippen LogP contribution in [-0.4, -0.2) is 72.4 Å². The fourth-order valence-electron chi connectivity index (χ4n) is 2.87. The van der Waals surface area contributed by atoms with Crippen LogP contribution in [0.15, 0.2) is 35.5 Å². The summed E-state index contributed by atoms with van der Waals surface area (Å²) in [6.45, 7) is 3.22. The Hall–Kier alpha value is -2.59. The van der Waals surface area contributed by atoms with Crippen molar-refractivity contribution < 1.29 is 19.1 Å². The summed E-state index contributed by atoms with van der Waals surface area (Å²) in [4.78, 5) is 25.4. The summed E-state index contributed by atoms with van der Waals surface area (Å²) in [5.41, 5.74) is 0.944. The van der Waals surface area contributed by atoms with Gasteiger partial charge in [0.1, 0.15) is 0 Å². The predicted octanol–water partition coefficient (Wildman–Crippen LogP) is 1.27. The van der Waals surface area contributed by atoms with E-state index in [9.17, 15) is 9.59 Å². The molecule has 0 bridgehead atoms. The number of nitrogens with one attached hydrogen (secondary N) is 1. The van der Waals surface area contributed by atoms with Gasteiger partial charge in [0.05, 0.1) is 31.8 Å². The molecule has 29 heavy (non-hydrogen) atoms. The van der Waals surface area contributed by atoms with Crippen LogP contribution in [0.2, 0.25) is 0 Å². The summed E-state index contributed by atoms with van der Waals surface area (Å²) in [7, 11) is 1.35. The molecule has 3 rings (SSSR count). The molecule has 1 saturated heterocycles. The zero-order chi connectivity index (χ0) is 20.5. The maximum absolute atomic E-state index is 12.2. The van der Waals surface area contributed by atoms with E-state index < -0.39 is 0 Å². The number of aromatic nitrogens is 3. The third-order valence-electron chi connectivity index (χ3n) is 4.36. The van der Waals surface area contributed by atoms with Gasteiger partial charge in [0.2, 0.25) is 11.9 Å². The van der Waals surface area contributed by atoms with Crippen LogP contribution in [0.3, 0.4) is 0 Å². The monoisotopic (exact) mass is 419 g/mol. The first-order chi connectivity index (χ1) is 14.2. The fraction of sp³-hybridized carbons (Fsp3) is 0.474. The average Bonchev–Trinajstić information content (AvgIpc) is 3.20. The third kappa shape index (κ3) is 5.94. The van der Waals surface area contributed by atoms with Gasteiger partial charge in [0, 0.05) is 26.1 Å². The van der Waals surface area contributed by atoms with Crippen molar-refractivity contribution in [3.05, 3.63) is 30.3 Å². The number of esters is 1. The van der Waals surface area contributed by atoms with Crippen molar-refractivity contribution in [2.45, 2.75) is 18.0 Å². The van der Waals surface area contributed by atoms with E-state index in [4.69, 9.17) is 4.74 Å². The Balaban J connectivity index is 1.63. The number of benzene rings is 1. The molecule has 1 aromatic carbocycles. The van der Waals surface area contributed by atoms with E-state index in [0.29, 0.717) is 31.3 Å². The first-order valence-electron chi connectivity index (χ1n) is 9.49. The van der Waals surface area contributed by atoms with Crippen LogP contribution in [0.1, 0.15) is 12.8 Å². The topological polar surface area (TPSA) is 98.6 Å². The first kappa shape index (κ1) is 21.1. The molecule has 9 nitrogen and oxygen atoms in total. The van der Waals surface area contributed by atoms with E-state index in [1.165, 1.54) is 18.9 Å². The van der Waals surface area contributed by atoms with Crippen LogP contribution in [0.4, 0.5) is 5.95 Å². The van der Waals surface area contributed by atoms with Gasteiger partial charge in [-0.15, -0.1) is 10.2 Å². The minimum absolute atomic E-state index is 0.115. The summed E-state index contributed by atoms with van der Waals surface area (Å²) in [5, 5.41) is 12.2. The Morgan fingerprint density at radius 3 is 2.69 bits per heavy atom. The maximum Gasteiger partial charge on any atom is 0.305 e. The molecule has 0 atom stereocenters. The summed E-state index contributed by atoms with van der Waals surface area (Å²) in [5.74, 6) is 0.572. The second kappa shape index (κ2) is 10.8. The number of anilines is 1. The zero-order valence-electron chi connectivity index (χ0n) is 16.4. The molecular formula is C19H25N5O4S. The highest BCUT2D eigenvalue weighted by atomic mass is 32.2. The maximum atomic E-state index is 12.2. The van der Waals surface area contributed by atoms with Crippen molar-refractivity contribution >= 4 is 29.6 Å². The summed E-state index contributed by atoms with van der Waals surface area (Å²) in [6, 6.07) is 9.85. The van der Waals surface area contributed by atoms with Gasteiger partial charge in [-0.05, 0) is 18.6 Å². The molecule has 0 spiro atoms. The van der Waals surface area contributed by atoms with Gasteiger partial charge < -0.3 is 19.7 Å². The van der Waals surface area contributed by atoms with Crippen LogP contribution < -0.4 is 10.2 Å². The molecule has 1 amide bonds. The average molecular weight is 420 g/mol. The minimum Gasteiger partial charge on any atom is -0.469 e. The van der Waals surface area contributed by atoms with Crippen LogP contribution >= 0.6 is 11.8 Å². The van der Waals surface area contributed by atoms with Gasteiger partial charge in [-0.1, -0.05) is 30.0 Å². The second-order valence-corrected chi connectivity index (χ2v) is 7.31. The highest BCUT2D eigenvalue weighted by Crippen LogP contribution is 2.27. The number of methoxy groups -OCH3 is 1. The number of hydrogen-bond donors (Lipinski definition) is 1. The van der Waals surface area contributed by atoms with Crippen LogP contribution in [0.25, 0.3) is 5.69 Å². The molecule has 1 aliphatic rings. The number of nitrogens with zero attached hydrogens (tertiary/aromatic N) is 4. The van der Waals surface area contributed by atoms with Gasteiger partial charge in [0.15, 0.2) is 5.16 Å². The molecule has 1 N–H and O–H groups in total. The first-order valence-corrected chi connectivity index (χ1v) is 10.5. The number of carbonyl (C=O) groups excluding carboxylic acids is 2. The second-order valence-electron chi connectivity index (χ2n) is 6.37. The Morgan fingerprint density at radius 2 is 1.97 bits per heavy atom. The summed E-state index contributed by atoms with van der Waals surface area (Å²) in [6.07, 6.45) is 0.833. The lowest BCUT2D eigenvalue weighted by atomic mass is 10.3. The molecule has 156 valence electrons. The van der Waals surface area contributed by atoms with Crippen molar-refractivity contribution in [2.75, 3.05) is 50.6 Å². The smallest absolute Gasteiger partial charge is 0.305 e. The van der Waals surface area contributed by atoms with Crippen molar-refractivity contribution in [2.24, 2.45) is 0 Å². The summed E-state index contributed by atoms with van der Waals surface area (Å²) >= 11 is 1.33. The molecular weight excluding hydrogens is 394 g/mol. The highest BCUT2D eigenvalue weighted by Gasteiger charge is 2.22. The Bertz CT molecular complexity index is 808. The third-order valence-corrected chi connectivity index (χ3v) is 5.29. The van der Waals surface area contributed by atoms with E-state index >= 15 is 0 Å². The molecule has 0 unspecified atom stereocenters. The SMILES string of the molecule is COC(=O)CCCNC(=O)CSc1nnc(N2CCOCC2)n1-c1ccccc1. The van der Waals surface area contributed by atoms with Crippen molar-refractivity contribution in [3.8, 4) is 5.69 Å². The quantitative estimate of drug-likeness (QED) is 0.369. The fourth-order valence-corrected chi connectivity index (χ4v) is 3.65. The van der Waals surface area contributed by atoms with Gasteiger partial charge in [-0.25, -0.2) is 0 Å². The number of hydrogen-bond acceptors (Lipinski definition) is 8. The number of para-hydroxylation sites is 1. The van der Waals surface area contributed by atoms with Gasteiger partial charge in [-0.2, -0.15) is 0 Å². The number of carbonyl (C=O) groups is 2. The largest absolute Gasteiger partial charge is 0.469 e. The molecule has 1 fully saturated rings. The van der Waals surface area contributed by atoms with Crippen LogP contribution in [-0.2, 0) is 19.1 Å². The van der Waals surface area contributed by atoms with Crippen molar-refractivity contribution in [1.29, 1.82) is 0 Å². The molecule has 0 aliphatic carbocycles. The van der Waals surface area contributed by atoms with E-state index in [2.05, 4.69) is 25.2 Å². The van der Waals surface area contributed by atoms with Gasteiger partial charge in [0.25, 0.3) is 0 Å². The molecule has 0 saturated carbocycles. The Kier molecular flexibility index (Phi) is 7.88. The lowest BCUT2D eigenvalue weighted by molar-refractivity contribution is -0.140. The normalized spacial score (nSPS) is 13.9. The van der Waals surface area contributed by atoms with Crippen molar-refractivity contribution in [1.82, 2.24) is 20.1 Å². The number of thioether (sulfide) groups is 1. The van der Waals surface area contributed by atoms with Gasteiger partial charge >= 0.3 is 5.97 Å². The number of ether oxygens (including phenoxy) is 2. The molecule has 0 radical (unpaired) electrons. The number of rotatable bonds is 9. The van der Waals surface area contributed by atoms with E-state index in [1.807, 2.05) is 34.9 Å². The molecule has 1 aliphatic heterocycles. The lowest BCUT2D eigenvalue weighted by Crippen LogP contribution is -2.37. The zero-order valence-corrected chi connectivity index (χ0v) is 17.2. The Morgan fingerprint density at radius 1 is 1.21 bits per heavy atom. The highest BCUT2D eigenvalue weighted by molar-refractivity contribution is 7.99. The van der Waals surface area contributed by atoms with Crippen LogP contribution in [0, 0.1) is 0 Å². The van der Waals surface area contributed by atoms with E-state index in [0.717, 1.165) is 24.7 Å². The van der Waals surface area contributed by atoms with Crippen molar-refractivity contribution in [3.63, 3.8) is 0 Å². The van der Waals surface area contributed by atoms with E-state index in [-0.39, 0.29) is 24.1 Å². The standard InChI is InChI=1S/C19H25N5O4S/c1-27-17(26)8-5-9-20-16(25)14-29-19-22-21-18(23-10-12-28-13-11-23)24(19)15-6-3-2-4-7-15/h2-4,6-7H,5,8-14H2,1H3,(H,20,25). The molecule has 10 heteroatoms.